The van der Waals surface area contributed by atoms with Gasteiger partial charge in [0.25, 0.3) is 5.91 Å². The predicted octanol–water partition coefficient (Wildman–Crippen LogP) is 3.63. The highest BCUT2D eigenvalue weighted by molar-refractivity contribution is 5.94. The van der Waals surface area contributed by atoms with E-state index in [0.29, 0.717) is 18.0 Å². The molecule has 0 aliphatic carbocycles. The highest BCUT2D eigenvalue weighted by Crippen LogP contribution is 2.28. The number of carbonyl (C=O) groups is 2. The molecule has 4 rings (SSSR count). The lowest BCUT2D eigenvalue weighted by Crippen LogP contribution is -2.32. The molecule has 0 saturated carbocycles. The number of nitrogens with one attached hydrogen (secondary N) is 1. The Kier molecular flexibility index (Phi) is 5.84. The molecule has 0 bridgehead atoms. The number of amides is 2. The van der Waals surface area contributed by atoms with Gasteiger partial charge in [-0.15, -0.1) is 0 Å². The van der Waals surface area contributed by atoms with Crippen molar-refractivity contribution in [1.82, 2.24) is 19.6 Å². The van der Waals surface area contributed by atoms with E-state index in [4.69, 9.17) is 0 Å². The summed E-state index contributed by atoms with van der Waals surface area (Å²) in [6.45, 7) is 6.09. The van der Waals surface area contributed by atoms with Gasteiger partial charge in [-0.1, -0.05) is 26.0 Å². The first-order valence-electron chi connectivity index (χ1n) is 10.6. The number of nitrogens with zero attached hydrogens (tertiary/aromatic N) is 3. The quantitative estimate of drug-likeness (QED) is 0.682. The number of pyridine rings is 1. The predicted molar refractivity (Wildman–Crippen MR) is 116 cm³/mol. The molecule has 2 aromatic heterocycles. The second kappa shape index (κ2) is 8.69. The Morgan fingerprint density at radius 2 is 2.00 bits per heavy atom. The molecule has 1 aromatic carbocycles. The second-order valence-electron chi connectivity index (χ2n) is 8.11. The maximum absolute atomic E-state index is 12.5. The van der Waals surface area contributed by atoms with Crippen LogP contribution in [0.3, 0.4) is 0 Å². The fourth-order valence-electron chi connectivity index (χ4n) is 3.97. The van der Waals surface area contributed by atoms with Gasteiger partial charge in [0.15, 0.2) is 0 Å². The van der Waals surface area contributed by atoms with Crippen LogP contribution in [0.2, 0.25) is 0 Å². The fourth-order valence-corrected chi connectivity index (χ4v) is 3.97. The summed E-state index contributed by atoms with van der Waals surface area (Å²) >= 11 is 0. The molecule has 6 heteroatoms. The molecule has 156 valence electrons. The lowest BCUT2D eigenvalue weighted by Gasteiger charge is -2.20. The maximum atomic E-state index is 12.5. The van der Waals surface area contributed by atoms with Crippen LogP contribution in [0.1, 0.15) is 54.1 Å². The van der Waals surface area contributed by atoms with E-state index in [1.165, 1.54) is 5.56 Å². The van der Waals surface area contributed by atoms with Crippen LogP contribution in [0.4, 0.5) is 0 Å². The summed E-state index contributed by atoms with van der Waals surface area (Å²) in [4.78, 5) is 31.2. The van der Waals surface area contributed by atoms with Crippen LogP contribution in [0.15, 0.2) is 55.0 Å². The van der Waals surface area contributed by atoms with Crippen LogP contribution in [0.5, 0.6) is 0 Å². The molecule has 0 radical (unpaired) electrons. The van der Waals surface area contributed by atoms with Gasteiger partial charge in [-0.3, -0.25) is 9.59 Å². The molecule has 6 nitrogen and oxygen atoms in total. The lowest BCUT2D eigenvalue weighted by atomic mass is 9.97. The Hall–Kier alpha value is -3.15. The summed E-state index contributed by atoms with van der Waals surface area (Å²) in [5.74, 6) is 0.592. The minimum Gasteiger partial charge on any atom is -0.348 e. The summed E-state index contributed by atoms with van der Waals surface area (Å²) in [5.41, 5.74) is 3.71. The van der Waals surface area contributed by atoms with Gasteiger partial charge in [0.05, 0.1) is 0 Å². The molecule has 2 atom stereocenters. The van der Waals surface area contributed by atoms with Crippen molar-refractivity contribution in [3.05, 3.63) is 71.7 Å². The third kappa shape index (κ3) is 4.22. The summed E-state index contributed by atoms with van der Waals surface area (Å²) in [6, 6.07) is 11.7. The zero-order chi connectivity index (χ0) is 21.1. The average molecular weight is 405 g/mol. The Bertz CT molecular complexity index is 1040. The van der Waals surface area contributed by atoms with Crippen molar-refractivity contribution in [1.29, 1.82) is 0 Å². The number of imidazole rings is 1. The molecule has 30 heavy (non-hydrogen) atoms. The molecule has 1 aliphatic heterocycles. The first kappa shape index (κ1) is 20.1. The van der Waals surface area contributed by atoms with E-state index in [1.807, 2.05) is 65.0 Å². The Labute approximate surface area is 176 Å². The highest BCUT2D eigenvalue weighted by Gasteiger charge is 2.29. The van der Waals surface area contributed by atoms with Gasteiger partial charge in [-0.25, -0.2) is 4.98 Å². The number of aromatic nitrogens is 2. The topological polar surface area (TPSA) is 66.7 Å². The Morgan fingerprint density at radius 1 is 1.20 bits per heavy atom. The van der Waals surface area contributed by atoms with Crippen molar-refractivity contribution >= 4 is 17.5 Å². The Balaban J connectivity index is 1.34. The van der Waals surface area contributed by atoms with Crippen molar-refractivity contribution in [2.45, 2.75) is 39.2 Å². The molecule has 2 amide bonds. The number of rotatable bonds is 6. The normalized spacial score (nSPS) is 17.3. The SMILES string of the molecule is CC[C@H](C)C(=O)N1CCC(c2ccc(C(=O)NCc3ccn4ccnc4c3)cc2)C1. The van der Waals surface area contributed by atoms with Crippen LogP contribution in [-0.2, 0) is 11.3 Å². The van der Waals surface area contributed by atoms with Crippen LogP contribution in [0.25, 0.3) is 5.65 Å². The molecular formula is C24H28N4O2. The lowest BCUT2D eigenvalue weighted by molar-refractivity contribution is -0.134. The molecule has 1 aliphatic rings. The Morgan fingerprint density at radius 3 is 2.77 bits per heavy atom. The third-order valence-electron chi connectivity index (χ3n) is 6.09. The highest BCUT2D eigenvalue weighted by atomic mass is 16.2. The van der Waals surface area contributed by atoms with Crippen LogP contribution in [-0.4, -0.2) is 39.2 Å². The van der Waals surface area contributed by atoms with Crippen molar-refractivity contribution in [3.63, 3.8) is 0 Å². The van der Waals surface area contributed by atoms with Crippen molar-refractivity contribution in [2.24, 2.45) is 5.92 Å². The second-order valence-corrected chi connectivity index (χ2v) is 8.11. The van der Waals surface area contributed by atoms with Gasteiger partial charge >= 0.3 is 0 Å². The zero-order valence-corrected chi connectivity index (χ0v) is 17.5. The van der Waals surface area contributed by atoms with E-state index >= 15 is 0 Å². The van der Waals surface area contributed by atoms with E-state index in [2.05, 4.69) is 17.2 Å². The fraction of sp³-hybridized carbons (Fsp3) is 0.375. The number of hydrogen-bond donors (Lipinski definition) is 1. The first-order chi connectivity index (χ1) is 14.5. The zero-order valence-electron chi connectivity index (χ0n) is 17.5. The molecule has 1 unspecified atom stereocenters. The van der Waals surface area contributed by atoms with Gasteiger partial charge in [-0.2, -0.15) is 0 Å². The van der Waals surface area contributed by atoms with E-state index < -0.39 is 0 Å². The van der Waals surface area contributed by atoms with Gasteiger partial charge < -0.3 is 14.6 Å². The van der Waals surface area contributed by atoms with E-state index in [9.17, 15) is 9.59 Å². The number of likely N-dealkylation sites (tertiary alicyclic amines) is 1. The minimum atomic E-state index is -0.0928. The smallest absolute Gasteiger partial charge is 0.251 e. The number of carbonyl (C=O) groups excluding carboxylic acids is 2. The van der Waals surface area contributed by atoms with Crippen molar-refractivity contribution in [2.75, 3.05) is 13.1 Å². The monoisotopic (exact) mass is 404 g/mol. The number of fused-ring (bicyclic) bond motifs is 1. The molecule has 1 saturated heterocycles. The molecule has 3 aromatic rings. The third-order valence-corrected chi connectivity index (χ3v) is 6.09. The van der Waals surface area contributed by atoms with Crippen LogP contribution in [0, 0.1) is 5.92 Å². The van der Waals surface area contributed by atoms with Gasteiger partial charge in [-0.05, 0) is 48.2 Å². The molecule has 1 fully saturated rings. The summed E-state index contributed by atoms with van der Waals surface area (Å²) in [7, 11) is 0. The molecule has 3 heterocycles. The van der Waals surface area contributed by atoms with Gasteiger partial charge in [0.2, 0.25) is 5.91 Å². The largest absolute Gasteiger partial charge is 0.348 e. The number of hydrogen-bond acceptors (Lipinski definition) is 3. The van der Waals surface area contributed by atoms with Crippen molar-refractivity contribution < 1.29 is 9.59 Å². The van der Waals surface area contributed by atoms with E-state index in [-0.39, 0.29) is 17.7 Å². The van der Waals surface area contributed by atoms with E-state index in [0.717, 1.165) is 37.1 Å². The standard InChI is InChI=1S/C24H28N4O2/c1-3-17(2)24(30)28-12-9-21(16-28)19-4-6-20(7-5-19)23(29)26-15-18-8-11-27-13-10-25-22(27)14-18/h4-8,10-11,13-14,17,21H,3,9,12,15-16H2,1-2H3,(H,26,29)/t17-,21?/m0/s1. The maximum Gasteiger partial charge on any atom is 0.251 e. The number of benzene rings is 1. The van der Waals surface area contributed by atoms with Gasteiger partial charge in [0.1, 0.15) is 5.65 Å². The van der Waals surface area contributed by atoms with E-state index in [1.54, 1.807) is 6.20 Å². The summed E-state index contributed by atoms with van der Waals surface area (Å²) in [6.07, 6.45) is 7.44. The molecule has 0 spiro atoms. The minimum absolute atomic E-state index is 0.0871. The van der Waals surface area contributed by atoms with Crippen LogP contribution < -0.4 is 5.32 Å². The molecular weight excluding hydrogens is 376 g/mol. The molecule has 1 N–H and O–H groups in total. The summed E-state index contributed by atoms with van der Waals surface area (Å²) in [5, 5.41) is 2.97. The van der Waals surface area contributed by atoms with Crippen molar-refractivity contribution in [3.8, 4) is 0 Å². The first-order valence-corrected chi connectivity index (χ1v) is 10.6. The van der Waals surface area contributed by atoms with Crippen LogP contribution >= 0.6 is 0 Å². The average Bonchev–Trinajstić information content (AvgIpc) is 3.46. The van der Waals surface area contributed by atoms with Gasteiger partial charge in [0, 0.05) is 55.6 Å². The summed E-state index contributed by atoms with van der Waals surface area (Å²) < 4.78 is 1.94.